The van der Waals surface area contributed by atoms with Gasteiger partial charge in [0.05, 0.1) is 29.4 Å². The third kappa shape index (κ3) is 5.03. The SMILES string of the molecule is CNc1c(-c2cccn3c(C)ccc23)c(OC)cc2c1nc(COC)n2C.CNc1c(F)cc(C=O)cc1F. The molecular formula is C29H31F2N5O3. The fraction of sp³-hybridized carbons (Fsp3) is 0.241. The Kier molecular flexibility index (Phi) is 8.15. The van der Waals surface area contributed by atoms with Crippen molar-refractivity contribution in [3.63, 3.8) is 0 Å². The van der Waals surface area contributed by atoms with Crippen molar-refractivity contribution >= 4 is 34.2 Å². The lowest BCUT2D eigenvalue weighted by Crippen LogP contribution is -2.00. The number of anilines is 2. The number of nitrogens with zero attached hydrogens (tertiary/aromatic N) is 3. The molecule has 5 aromatic rings. The van der Waals surface area contributed by atoms with Crippen LogP contribution < -0.4 is 15.4 Å². The summed E-state index contributed by atoms with van der Waals surface area (Å²) in [5.74, 6) is 0.157. The van der Waals surface area contributed by atoms with Crippen LogP contribution in [-0.4, -0.2) is 48.6 Å². The Hall–Kier alpha value is -4.44. The van der Waals surface area contributed by atoms with E-state index in [-0.39, 0.29) is 11.3 Å². The summed E-state index contributed by atoms with van der Waals surface area (Å²) in [4.78, 5) is 15.0. The first-order valence-corrected chi connectivity index (χ1v) is 12.2. The molecule has 0 radical (unpaired) electrons. The van der Waals surface area contributed by atoms with E-state index >= 15 is 0 Å². The number of aryl methyl sites for hydroxylation is 2. The van der Waals surface area contributed by atoms with Crippen molar-refractivity contribution in [1.82, 2.24) is 14.0 Å². The number of aromatic nitrogens is 3. The van der Waals surface area contributed by atoms with Crippen LogP contribution in [0.25, 0.3) is 27.7 Å². The molecule has 0 saturated heterocycles. The van der Waals surface area contributed by atoms with Crippen molar-refractivity contribution in [3.8, 4) is 16.9 Å². The first kappa shape index (κ1) is 27.6. The molecule has 0 aliphatic carbocycles. The monoisotopic (exact) mass is 535 g/mol. The van der Waals surface area contributed by atoms with Gasteiger partial charge in [-0.2, -0.15) is 0 Å². The van der Waals surface area contributed by atoms with Crippen molar-refractivity contribution in [2.24, 2.45) is 7.05 Å². The van der Waals surface area contributed by atoms with Gasteiger partial charge in [-0.25, -0.2) is 13.8 Å². The molecular weight excluding hydrogens is 504 g/mol. The van der Waals surface area contributed by atoms with E-state index in [4.69, 9.17) is 14.5 Å². The fourth-order valence-corrected chi connectivity index (χ4v) is 4.67. The topological polar surface area (TPSA) is 81.8 Å². The first-order chi connectivity index (χ1) is 18.8. The van der Waals surface area contributed by atoms with E-state index in [0.29, 0.717) is 12.9 Å². The zero-order chi connectivity index (χ0) is 28.3. The molecule has 3 aromatic heterocycles. The Bertz CT molecular complexity index is 1640. The van der Waals surface area contributed by atoms with Gasteiger partial charge < -0.3 is 29.1 Å². The van der Waals surface area contributed by atoms with Crippen molar-refractivity contribution in [2.45, 2.75) is 13.5 Å². The molecule has 39 heavy (non-hydrogen) atoms. The molecule has 0 aliphatic rings. The average molecular weight is 536 g/mol. The number of nitrogens with one attached hydrogen (secondary N) is 2. The Morgan fingerprint density at radius 3 is 2.28 bits per heavy atom. The minimum Gasteiger partial charge on any atom is -0.496 e. The fourth-order valence-electron chi connectivity index (χ4n) is 4.67. The molecule has 2 aromatic carbocycles. The van der Waals surface area contributed by atoms with Gasteiger partial charge in [0.2, 0.25) is 0 Å². The van der Waals surface area contributed by atoms with Gasteiger partial charge in [-0.1, -0.05) is 6.07 Å². The Labute approximate surface area is 225 Å². The Morgan fingerprint density at radius 2 is 1.69 bits per heavy atom. The molecule has 3 heterocycles. The molecule has 204 valence electrons. The molecule has 2 N–H and O–H groups in total. The highest BCUT2D eigenvalue weighted by Crippen LogP contribution is 2.43. The molecule has 0 atom stereocenters. The number of imidazole rings is 1. The minimum atomic E-state index is -0.764. The maximum Gasteiger partial charge on any atom is 0.150 e. The average Bonchev–Trinajstić information content (AvgIpc) is 3.47. The molecule has 0 unspecified atom stereocenters. The number of carbonyl (C=O) groups excluding carboxylic acids is 1. The van der Waals surface area contributed by atoms with Crippen molar-refractivity contribution < 1.29 is 23.0 Å². The number of hydrogen-bond donors (Lipinski definition) is 2. The van der Waals surface area contributed by atoms with Gasteiger partial charge in [0.15, 0.2) is 0 Å². The minimum absolute atomic E-state index is 0.0102. The third-order valence-corrected chi connectivity index (χ3v) is 6.59. The van der Waals surface area contributed by atoms with Crippen LogP contribution in [0.4, 0.5) is 20.2 Å². The van der Waals surface area contributed by atoms with Crippen LogP contribution in [0.1, 0.15) is 21.9 Å². The second-order valence-electron chi connectivity index (χ2n) is 8.85. The number of carbonyl (C=O) groups is 1. The Morgan fingerprint density at radius 1 is 1.00 bits per heavy atom. The second-order valence-corrected chi connectivity index (χ2v) is 8.85. The summed E-state index contributed by atoms with van der Waals surface area (Å²) in [6, 6.07) is 12.5. The van der Waals surface area contributed by atoms with Gasteiger partial charge in [-0.05, 0) is 37.3 Å². The van der Waals surface area contributed by atoms with Gasteiger partial charge >= 0.3 is 0 Å². The summed E-state index contributed by atoms with van der Waals surface area (Å²) in [5, 5.41) is 5.71. The summed E-state index contributed by atoms with van der Waals surface area (Å²) in [6.45, 7) is 2.56. The number of benzene rings is 2. The zero-order valence-electron chi connectivity index (χ0n) is 22.7. The summed E-state index contributed by atoms with van der Waals surface area (Å²) < 4.78 is 41.0. The number of ether oxygens (including phenoxy) is 2. The van der Waals surface area contributed by atoms with Crippen molar-refractivity contribution in [2.75, 3.05) is 38.9 Å². The highest BCUT2D eigenvalue weighted by atomic mass is 19.1. The van der Waals surface area contributed by atoms with Crippen LogP contribution in [0, 0.1) is 18.6 Å². The van der Waals surface area contributed by atoms with Gasteiger partial charge in [0, 0.05) is 57.3 Å². The number of fused-ring (bicyclic) bond motifs is 2. The second kappa shape index (κ2) is 11.5. The molecule has 8 nitrogen and oxygen atoms in total. The summed E-state index contributed by atoms with van der Waals surface area (Å²) in [6.07, 6.45) is 2.47. The largest absolute Gasteiger partial charge is 0.496 e. The van der Waals surface area contributed by atoms with Crippen LogP contribution in [0.15, 0.2) is 48.7 Å². The highest BCUT2D eigenvalue weighted by Gasteiger charge is 2.21. The summed E-state index contributed by atoms with van der Waals surface area (Å²) >= 11 is 0. The van der Waals surface area contributed by atoms with Crippen LogP contribution in [0.5, 0.6) is 5.75 Å². The number of pyridine rings is 1. The molecule has 5 rings (SSSR count). The van der Waals surface area contributed by atoms with Crippen LogP contribution in [0.2, 0.25) is 0 Å². The third-order valence-electron chi connectivity index (χ3n) is 6.59. The predicted molar refractivity (Wildman–Crippen MR) is 150 cm³/mol. The van der Waals surface area contributed by atoms with E-state index in [1.54, 1.807) is 14.2 Å². The molecule has 0 spiro atoms. The van der Waals surface area contributed by atoms with Gasteiger partial charge in [0.25, 0.3) is 0 Å². The molecule has 0 fully saturated rings. The van der Waals surface area contributed by atoms with Crippen LogP contribution in [0.3, 0.4) is 0 Å². The quantitative estimate of drug-likeness (QED) is 0.256. The van der Waals surface area contributed by atoms with Crippen LogP contribution >= 0.6 is 0 Å². The van der Waals surface area contributed by atoms with Gasteiger partial charge in [-0.15, -0.1) is 0 Å². The molecule has 0 saturated carbocycles. The number of hydrogen-bond acceptors (Lipinski definition) is 6. The molecule has 0 bridgehead atoms. The normalized spacial score (nSPS) is 10.9. The molecule has 0 aliphatic heterocycles. The molecule has 10 heteroatoms. The lowest BCUT2D eigenvalue weighted by atomic mass is 10.0. The smallest absolute Gasteiger partial charge is 0.150 e. The van der Waals surface area contributed by atoms with E-state index in [9.17, 15) is 13.6 Å². The maximum absolute atomic E-state index is 12.8. The van der Waals surface area contributed by atoms with Crippen molar-refractivity contribution in [1.29, 1.82) is 0 Å². The highest BCUT2D eigenvalue weighted by molar-refractivity contribution is 6.04. The molecule has 0 amide bonds. The standard InChI is InChI=1S/C21H24N4O2.C8H7F2NO/c1-13-8-9-15-14(7-6-10-25(13)15)19-17(27-5)11-16-20(21(19)22-2)23-18(12-26-4)24(16)3;1-11-8-6(9)2-5(4-12)3-7(8)10/h6-11,22H,12H2,1-5H3;2-4,11H,1H3. The predicted octanol–water partition coefficient (Wildman–Crippen LogP) is 5.82. The zero-order valence-corrected chi connectivity index (χ0v) is 22.7. The van der Waals surface area contributed by atoms with E-state index < -0.39 is 11.6 Å². The van der Waals surface area contributed by atoms with E-state index in [1.165, 1.54) is 12.7 Å². The Balaban J connectivity index is 0.000000247. The number of aldehydes is 1. The van der Waals surface area contributed by atoms with Gasteiger partial charge in [-0.3, -0.25) is 4.79 Å². The number of halogens is 2. The summed E-state index contributed by atoms with van der Waals surface area (Å²) in [7, 11) is 8.72. The van der Waals surface area contributed by atoms with Gasteiger partial charge in [0.1, 0.15) is 47.3 Å². The lowest BCUT2D eigenvalue weighted by Gasteiger charge is -2.16. The van der Waals surface area contributed by atoms with E-state index in [2.05, 4.69) is 58.5 Å². The van der Waals surface area contributed by atoms with E-state index in [1.807, 2.05) is 18.7 Å². The number of methoxy groups -OCH3 is 2. The van der Waals surface area contributed by atoms with Crippen LogP contribution in [-0.2, 0) is 18.4 Å². The lowest BCUT2D eigenvalue weighted by molar-refractivity contribution is 0.112. The maximum atomic E-state index is 12.8. The van der Waals surface area contributed by atoms with E-state index in [0.717, 1.165) is 57.1 Å². The summed E-state index contributed by atoms with van der Waals surface area (Å²) in [5.41, 5.74) is 7.08. The van der Waals surface area contributed by atoms with Crippen molar-refractivity contribution in [3.05, 3.63) is 77.4 Å². The number of rotatable bonds is 7. The first-order valence-electron chi connectivity index (χ1n) is 12.2.